The number of amides is 2. The molecule has 5 N–H and O–H groups in total. The molecule has 0 aliphatic heterocycles. The average molecular weight is 627 g/mol. The lowest BCUT2D eigenvalue weighted by atomic mass is 9.90. The number of para-hydroxylation sites is 2. The van der Waals surface area contributed by atoms with Crippen molar-refractivity contribution in [2.75, 3.05) is 6.61 Å². The number of aromatic nitrogens is 2. The fourth-order valence-corrected chi connectivity index (χ4v) is 4.73. The number of benzene rings is 2. The van der Waals surface area contributed by atoms with Crippen LogP contribution in [0.1, 0.15) is 68.4 Å². The number of nitrogens with zero attached hydrogens (tertiary/aromatic N) is 2. The summed E-state index contributed by atoms with van der Waals surface area (Å²) in [6, 6.07) is 11.9. The van der Waals surface area contributed by atoms with Gasteiger partial charge in [-0.3, -0.25) is 24.2 Å². The van der Waals surface area contributed by atoms with Gasteiger partial charge in [-0.05, 0) is 61.9 Å². The minimum Gasteiger partial charge on any atom is -0.481 e. The van der Waals surface area contributed by atoms with E-state index in [0.29, 0.717) is 23.0 Å². The molecule has 0 radical (unpaired) electrons. The van der Waals surface area contributed by atoms with Gasteiger partial charge in [-0.15, -0.1) is 0 Å². The van der Waals surface area contributed by atoms with Crippen LogP contribution in [0.25, 0.3) is 11.0 Å². The molecule has 0 aliphatic carbocycles. The summed E-state index contributed by atoms with van der Waals surface area (Å²) in [4.78, 5) is 56.7. The van der Waals surface area contributed by atoms with Gasteiger partial charge in [0.1, 0.15) is 11.5 Å². The topological polar surface area (TPSA) is 191 Å². The third kappa shape index (κ3) is 11.8. The Labute approximate surface area is 260 Å². The molecular weight excluding hydrogens is 587 g/mol. The number of hydrogen-bond donors (Lipinski definition) is 4. The molecule has 1 heterocycles. The Kier molecular flexibility index (Phi) is 12.9. The number of carbonyl (C=O) groups is 4. The van der Waals surface area contributed by atoms with Gasteiger partial charge in [0.15, 0.2) is 0 Å². The molecule has 2 aromatic carbocycles. The fraction of sp³-hybridized carbons (Fsp3) is 0.438. The van der Waals surface area contributed by atoms with Crippen LogP contribution in [-0.4, -0.2) is 68.5 Å². The number of carbonyl (C=O) groups excluding carboxylic acids is 3. The number of primary amides is 1. The van der Waals surface area contributed by atoms with Crippen LogP contribution in [-0.2, 0) is 30.3 Å². The number of nitrogens with two attached hydrogens (primary N) is 1. The van der Waals surface area contributed by atoms with Crippen LogP contribution in [0.15, 0.2) is 54.7 Å². The van der Waals surface area contributed by atoms with Crippen molar-refractivity contribution in [2.45, 2.75) is 76.7 Å². The Balaban J connectivity index is 1.62. The van der Waals surface area contributed by atoms with Crippen LogP contribution in [0.3, 0.4) is 0 Å². The van der Waals surface area contributed by atoms with Crippen molar-refractivity contribution in [2.24, 2.45) is 11.7 Å². The fourth-order valence-electron chi connectivity index (χ4n) is 4.73. The Morgan fingerprint density at radius 3 is 2.47 bits per heavy atom. The van der Waals surface area contributed by atoms with E-state index in [0.717, 1.165) is 0 Å². The maximum Gasteiger partial charge on any atom is 0.308 e. The van der Waals surface area contributed by atoms with Gasteiger partial charge in [0.2, 0.25) is 11.7 Å². The Bertz CT molecular complexity index is 1480. The van der Waals surface area contributed by atoms with Crippen LogP contribution in [0.5, 0.6) is 0 Å². The van der Waals surface area contributed by atoms with Gasteiger partial charge >= 0.3 is 11.9 Å². The molecule has 0 aliphatic rings. The van der Waals surface area contributed by atoms with Gasteiger partial charge in [0.05, 0.1) is 36.0 Å². The van der Waals surface area contributed by atoms with E-state index in [9.17, 15) is 28.7 Å². The molecule has 12 nitrogen and oxygen atoms in total. The summed E-state index contributed by atoms with van der Waals surface area (Å²) >= 11 is 0. The van der Waals surface area contributed by atoms with Crippen LogP contribution < -0.4 is 11.1 Å². The van der Waals surface area contributed by atoms with E-state index in [1.165, 1.54) is 38.2 Å². The van der Waals surface area contributed by atoms with E-state index in [1.807, 2.05) is 0 Å². The number of halogens is 1. The zero-order chi connectivity index (χ0) is 33.0. The molecule has 1 aromatic heterocycles. The predicted octanol–water partition coefficient (Wildman–Crippen LogP) is 3.29. The van der Waals surface area contributed by atoms with Crippen LogP contribution >= 0.6 is 0 Å². The first-order valence-corrected chi connectivity index (χ1v) is 14.6. The third-order valence-corrected chi connectivity index (χ3v) is 7.01. The molecule has 3 rings (SSSR count). The van der Waals surface area contributed by atoms with E-state index < -0.39 is 53.4 Å². The Morgan fingerprint density at radius 1 is 1.04 bits per heavy atom. The Hall–Kier alpha value is -4.49. The summed E-state index contributed by atoms with van der Waals surface area (Å²) in [6.45, 7) is 3.17. The number of aliphatic carboxylic acids is 1. The first-order valence-electron chi connectivity index (χ1n) is 14.6. The minimum atomic E-state index is -1.28. The van der Waals surface area contributed by atoms with Crippen molar-refractivity contribution in [1.29, 1.82) is 0 Å². The molecular formula is C32H39FN4O8. The molecule has 242 valence electrons. The van der Waals surface area contributed by atoms with E-state index in [-0.39, 0.29) is 50.8 Å². The average Bonchev–Trinajstić information content (AvgIpc) is 2.97. The van der Waals surface area contributed by atoms with Crippen molar-refractivity contribution in [3.63, 3.8) is 0 Å². The second kappa shape index (κ2) is 16.5. The molecule has 13 heteroatoms. The molecule has 0 unspecified atom stereocenters. The number of esters is 1. The number of fused-ring (bicyclic) bond motifs is 1. The molecule has 0 saturated heterocycles. The molecule has 0 bridgehead atoms. The maximum atomic E-state index is 13.9. The quantitative estimate of drug-likeness (QED) is 0.0926. The maximum absolute atomic E-state index is 13.9. The first-order chi connectivity index (χ1) is 21.3. The van der Waals surface area contributed by atoms with Gasteiger partial charge < -0.3 is 30.7 Å². The lowest BCUT2D eigenvalue weighted by molar-refractivity contribution is -0.216. The highest BCUT2D eigenvalue weighted by atomic mass is 19.1. The van der Waals surface area contributed by atoms with Crippen molar-refractivity contribution >= 4 is 34.8 Å². The molecule has 2 amide bonds. The van der Waals surface area contributed by atoms with Gasteiger partial charge in [-0.2, -0.15) is 0 Å². The second-order valence-corrected chi connectivity index (χ2v) is 11.2. The number of aliphatic hydroxyl groups excluding tert-OH is 1. The highest BCUT2D eigenvalue weighted by Gasteiger charge is 2.29. The van der Waals surface area contributed by atoms with Gasteiger partial charge in [0, 0.05) is 32.6 Å². The largest absolute Gasteiger partial charge is 0.481 e. The van der Waals surface area contributed by atoms with E-state index >= 15 is 0 Å². The predicted molar refractivity (Wildman–Crippen MR) is 161 cm³/mol. The number of nitrogens with one attached hydrogen (secondary N) is 1. The van der Waals surface area contributed by atoms with Crippen LogP contribution in [0, 0.1) is 11.7 Å². The minimum absolute atomic E-state index is 0.0268. The number of rotatable bonds is 18. The molecule has 45 heavy (non-hydrogen) atoms. The first kappa shape index (κ1) is 35.0. The summed E-state index contributed by atoms with van der Waals surface area (Å²) < 4.78 is 24.9. The third-order valence-electron chi connectivity index (χ3n) is 7.01. The van der Waals surface area contributed by atoms with Crippen molar-refractivity contribution in [1.82, 2.24) is 15.3 Å². The highest BCUT2D eigenvalue weighted by Crippen LogP contribution is 2.21. The van der Waals surface area contributed by atoms with Crippen LogP contribution in [0.4, 0.5) is 4.39 Å². The summed E-state index contributed by atoms with van der Waals surface area (Å²) in [7, 11) is 0. The van der Waals surface area contributed by atoms with Gasteiger partial charge in [-0.1, -0.05) is 24.3 Å². The van der Waals surface area contributed by atoms with Crippen molar-refractivity contribution in [3.05, 3.63) is 71.8 Å². The van der Waals surface area contributed by atoms with Gasteiger partial charge in [-0.25, -0.2) is 9.37 Å². The molecule has 0 fully saturated rings. The van der Waals surface area contributed by atoms with E-state index in [2.05, 4.69) is 15.3 Å². The number of carboxylic acid groups (broad SMARTS) is 1. The SMILES string of the molecule is CC(C)(OCCC[C@H](C[C@H](O)[C@H](Cc1cccc(F)c1)NC(=O)c1cnc2ccccc2n1)C(N)=O)OC(=O)CCCC(=O)O. The smallest absolute Gasteiger partial charge is 0.308 e. The zero-order valence-corrected chi connectivity index (χ0v) is 25.3. The number of aliphatic hydroxyl groups is 1. The lowest BCUT2D eigenvalue weighted by Gasteiger charge is -2.28. The number of ether oxygens (including phenoxy) is 2. The second-order valence-electron chi connectivity index (χ2n) is 11.2. The zero-order valence-electron chi connectivity index (χ0n) is 25.3. The van der Waals surface area contributed by atoms with Crippen LogP contribution in [0.2, 0.25) is 0 Å². The summed E-state index contributed by atoms with van der Waals surface area (Å²) in [5.74, 6) is -5.41. The number of carboxylic acids is 1. The van der Waals surface area contributed by atoms with Gasteiger partial charge in [0.25, 0.3) is 5.91 Å². The summed E-state index contributed by atoms with van der Waals surface area (Å²) in [6.07, 6.45) is 0.524. The standard InChI is InChI=1S/C32H39FN4O8/c1-32(2,45-29(41)14-6-13-28(39)40)44-15-7-9-21(30(34)42)18-27(38)25(17-20-8-5-10-22(33)16-20)37-31(43)26-19-35-23-11-3-4-12-24(23)36-26/h3-5,8,10-12,16,19,21,25,27,38H,6-7,9,13-15,17-18H2,1-2H3,(H2,34,42)(H,37,43)(H,39,40)/t21-,25+,27+/m1/s1. The summed E-state index contributed by atoms with van der Waals surface area (Å²) in [5.41, 5.74) is 7.32. The van der Waals surface area contributed by atoms with E-state index in [1.54, 1.807) is 30.3 Å². The van der Waals surface area contributed by atoms with Crippen molar-refractivity contribution < 1.29 is 43.3 Å². The molecule has 3 aromatic rings. The molecule has 0 saturated carbocycles. The lowest BCUT2D eigenvalue weighted by Crippen LogP contribution is -2.46. The monoisotopic (exact) mass is 626 g/mol. The molecule has 0 spiro atoms. The molecule has 3 atom stereocenters. The Morgan fingerprint density at radius 2 is 1.78 bits per heavy atom. The summed E-state index contributed by atoms with van der Waals surface area (Å²) in [5, 5.41) is 22.7. The van der Waals surface area contributed by atoms with Crippen molar-refractivity contribution in [3.8, 4) is 0 Å². The van der Waals surface area contributed by atoms with E-state index in [4.69, 9.17) is 20.3 Å². The highest BCUT2D eigenvalue weighted by molar-refractivity contribution is 5.94. The normalized spacial score (nSPS) is 13.5. The number of hydrogen-bond acceptors (Lipinski definition) is 9.